The summed E-state index contributed by atoms with van der Waals surface area (Å²) in [6, 6.07) is 5.57. The summed E-state index contributed by atoms with van der Waals surface area (Å²) in [6.07, 6.45) is 3.48. The van der Waals surface area contributed by atoms with Gasteiger partial charge in [0.1, 0.15) is 13.2 Å². The Labute approximate surface area is 131 Å². The van der Waals surface area contributed by atoms with Crippen LogP contribution in [0.15, 0.2) is 18.2 Å². The molecule has 0 spiro atoms. The van der Waals surface area contributed by atoms with Gasteiger partial charge in [0, 0.05) is 18.2 Å². The molecule has 1 fully saturated rings. The Bertz CT molecular complexity index is 527. The lowest BCUT2D eigenvalue weighted by Crippen LogP contribution is -2.42. The van der Waals surface area contributed by atoms with Gasteiger partial charge in [0.25, 0.3) is 5.91 Å². The van der Waals surface area contributed by atoms with E-state index in [1.165, 1.54) is 12.8 Å². The van der Waals surface area contributed by atoms with Crippen LogP contribution < -0.4 is 14.8 Å². The summed E-state index contributed by atoms with van der Waals surface area (Å²) in [5.74, 6) is 1.33. The number of amides is 1. The van der Waals surface area contributed by atoms with E-state index in [-0.39, 0.29) is 11.9 Å². The maximum Gasteiger partial charge on any atom is 0.251 e. The fraction of sp³-hybridized carbons (Fsp3) is 0.588. The second kappa shape index (κ2) is 7.01. The van der Waals surface area contributed by atoms with Gasteiger partial charge in [-0.05, 0) is 50.6 Å². The monoisotopic (exact) mass is 304 g/mol. The first-order chi connectivity index (χ1) is 10.8. The number of rotatable bonds is 5. The van der Waals surface area contributed by atoms with Crippen molar-refractivity contribution in [1.29, 1.82) is 0 Å². The van der Waals surface area contributed by atoms with Gasteiger partial charge in [0.15, 0.2) is 11.5 Å². The maximum absolute atomic E-state index is 12.4. The van der Waals surface area contributed by atoms with Crippen LogP contribution >= 0.6 is 0 Å². The van der Waals surface area contributed by atoms with Crippen molar-refractivity contribution in [3.8, 4) is 11.5 Å². The molecular weight excluding hydrogens is 280 g/mol. The summed E-state index contributed by atoms with van der Waals surface area (Å²) in [4.78, 5) is 14.9. The molecule has 1 amide bonds. The SMILES string of the molecule is CCC(CN1CCCC1)NC(=O)c1ccc2c(c1)OCCO2. The van der Waals surface area contributed by atoms with Gasteiger partial charge in [-0.25, -0.2) is 0 Å². The Balaban J connectivity index is 1.62. The number of benzene rings is 1. The molecule has 0 aliphatic carbocycles. The first-order valence-electron chi connectivity index (χ1n) is 8.19. The smallest absolute Gasteiger partial charge is 0.251 e. The van der Waals surface area contributed by atoms with Gasteiger partial charge in [-0.2, -0.15) is 0 Å². The van der Waals surface area contributed by atoms with Crippen LogP contribution in [-0.2, 0) is 0 Å². The van der Waals surface area contributed by atoms with E-state index >= 15 is 0 Å². The van der Waals surface area contributed by atoms with Gasteiger partial charge >= 0.3 is 0 Å². The third-order valence-corrected chi connectivity index (χ3v) is 4.31. The number of carbonyl (C=O) groups is 1. The van der Waals surface area contributed by atoms with Gasteiger partial charge in [-0.1, -0.05) is 6.92 Å². The standard InChI is InChI=1S/C17H24N2O3/c1-2-14(12-19-7-3-4-8-19)18-17(20)13-5-6-15-16(11-13)22-10-9-21-15/h5-6,11,14H,2-4,7-10,12H2,1H3,(H,18,20). The number of carbonyl (C=O) groups excluding carboxylic acids is 1. The zero-order valence-corrected chi connectivity index (χ0v) is 13.1. The molecule has 0 radical (unpaired) electrons. The zero-order chi connectivity index (χ0) is 15.4. The molecule has 120 valence electrons. The first kappa shape index (κ1) is 15.2. The molecule has 5 heteroatoms. The summed E-state index contributed by atoms with van der Waals surface area (Å²) in [7, 11) is 0. The predicted octanol–water partition coefficient (Wildman–Crippen LogP) is 2.06. The lowest BCUT2D eigenvalue weighted by molar-refractivity contribution is 0.0925. The van der Waals surface area contributed by atoms with E-state index in [2.05, 4.69) is 17.1 Å². The van der Waals surface area contributed by atoms with Crippen molar-refractivity contribution < 1.29 is 14.3 Å². The molecular formula is C17H24N2O3. The number of ether oxygens (including phenoxy) is 2. The minimum atomic E-state index is -0.0389. The quantitative estimate of drug-likeness (QED) is 0.905. The summed E-state index contributed by atoms with van der Waals surface area (Å²) in [6.45, 7) is 6.45. The Hall–Kier alpha value is -1.75. The average molecular weight is 304 g/mol. The van der Waals surface area contributed by atoms with E-state index in [0.717, 1.165) is 26.1 Å². The predicted molar refractivity (Wildman–Crippen MR) is 84.7 cm³/mol. The average Bonchev–Trinajstić information content (AvgIpc) is 3.06. The Kier molecular flexibility index (Phi) is 4.83. The summed E-state index contributed by atoms with van der Waals surface area (Å²) in [5, 5.41) is 3.14. The number of hydrogen-bond acceptors (Lipinski definition) is 4. The van der Waals surface area contributed by atoms with Crippen molar-refractivity contribution in [1.82, 2.24) is 10.2 Å². The van der Waals surface area contributed by atoms with Crippen molar-refractivity contribution in [2.24, 2.45) is 0 Å². The van der Waals surface area contributed by atoms with Crippen LogP contribution in [0.25, 0.3) is 0 Å². The minimum Gasteiger partial charge on any atom is -0.486 e. The van der Waals surface area contributed by atoms with Crippen LogP contribution in [0.4, 0.5) is 0 Å². The fourth-order valence-electron chi connectivity index (χ4n) is 3.01. The Morgan fingerprint density at radius 1 is 1.23 bits per heavy atom. The molecule has 1 atom stereocenters. The van der Waals surface area contributed by atoms with Gasteiger partial charge in [-0.3, -0.25) is 4.79 Å². The molecule has 5 nitrogen and oxygen atoms in total. The van der Waals surface area contributed by atoms with E-state index < -0.39 is 0 Å². The summed E-state index contributed by atoms with van der Waals surface area (Å²) in [5.41, 5.74) is 0.629. The molecule has 2 aliphatic heterocycles. The molecule has 22 heavy (non-hydrogen) atoms. The lowest BCUT2D eigenvalue weighted by atomic mass is 10.1. The molecule has 1 N–H and O–H groups in total. The van der Waals surface area contributed by atoms with Crippen molar-refractivity contribution in [2.75, 3.05) is 32.8 Å². The fourth-order valence-corrected chi connectivity index (χ4v) is 3.01. The summed E-state index contributed by atoms with van der Waals surface area (Å²) >= 11 is 0. The molecule has 2 heterocycles. The second-order valence-corrected chi connectivity index (χ2v) is 5.94. The molecule has 1 aromatic carbocycles. The van der Waals surface area contributed by atoms with Crippen LogP contribution in [0.2, 0.25) is 0 Å². The van der Waals surface area contributed by atoms with Crippen molar-refractivity contribution in [2.45, 2.75) is 32.2 Å². The van der Waals surface area contributed by atoms with E-state index in [0.29, 0.717) is 30.3 Å². The molecule has 0 bridgehead atoms. The highest BCUT2D eigenvalue weighted by Gasteiger charge is 2.20. The minimum absolute atomic E-state index is 0.0389. The highest BCUT2D eigenvalue weighted by Crippen LogP contribution is 2.30. The van der Waals surface area contributed by atoms with Crippen LogP contribution in [0.5, 0.6) is 11.5 Å². The van der Waals surface area contributed by atoms with Gasteiger partial charge in [0.05, 0.1) is 0 Å². The first-order valence-corrected chi connectivity index (χ1v) is 8.19. The zero-order valence-electron chi connectivity index (χ0n) is 13.1. The van der Waals surface area contributed by atoms with E-state index in [1.807, 2.05) is 6.07 Å². The normalized spacial score (nSPS) is 19.0. The number of nitrogens with zero attached hydrogens (tertiary/aromatic N) is 1. The maximum atomic E-state index is 12.4. The van der Waals surface area contributed by atoms with Gasteiger partial charge in [-0.15, -0.1) is 0 Å². The highest BCUT2D eigenvalue weighted by atomic mass is 16.6. The van der Waals surface area contributed by atoms with Crippen molar-refractivity contribution in [3.05, 3.63) is 23.8 Å². The van der Waals surface area contributed by atoms with Gasteiger partial charge in [0.2, 0.25) is 0 Å². The van der Waals surface area contributed by atoms with E-state index in [9.17, 15) is 4.79 Å². The number of hydrogen-bond donors (Lipinski definition) is 1. The molecule has 3 rings (SSSR count). The number of likely N-dealkylation sites (tertiary alicyclic amines) is 1. The molecule has 1 saturated heterocycles. The largest absolute Gasteiger partial charge is 0.486 e. The van der Waals surface area contributed by atoms with Crippen LogP contribution in [0.1, 0.15) is 36.5 Å². The van der Waals surface area contributed by atoms with Crippen LogP contribution in [0.3, 0.4) is 0 Å². The topological polar surface area (TPSA) is 50.8 Å². The van der Waals surface area contributed by atoms with Crippen molar-refractivity contribution >= 4 is 5.91 Å². The molecule has 0 aromatic heterocycles. The highest BCUT2D eigenvalue weighted by molar-refractivity contribution is 5.95. The third-order valence-electron chi connectivity index (χ3n) is 4.31. The lowest BCUT2D eigenvalue weighted by Gasteiger charge is -2.24. The molecule has 2 aliphatic rings. The van der Waals surface area contributed by atoms with Crippen LogP contribution in [-0.4, -0.2) is 49.7 Å². The molecule has 1 unspecified atom stereocenters. The number of fused-ring (bicyclic) bond motifs is 1. The second-order valence-electron chi connectivity index (χ2n) is 5.94. The van der Waals surface area contributed by atoms with Crippen molar-refractivity contribution in [3.63, 3.8) is 0 Å². The number of nitrogens with one attached hydrogen (secondary N) is 1. The van der Waals surface area contributed by atoms with E-state index in [1.54, 1.807) is 12.1 Å². The van der Waals surface area contributed by atoms with E-state index in [4.69, 9.17) is 9.47 Å². The Morgan fingerprint density at radius 2 is 1.95 bits per heavy atom. The molecule has 0 saturated carbocycles. The third kappa shape index (κ3) is 3.53. The summed E-state index contributed by atoms with van der Waals surface area (Å²) < 4.78 is 11.0. The van der Waals surface area contributed by atoms with Gasteiger partial charge < -0.3 is 19.7 Å². The Morgan fingerprint density at radius 3 is 2.68 bits per heavy atom. The molecule has 1 aromatic rings. The van der Waals surface area contributed by atoms with Crippen LogP contribution in [0, 0.1) is 0 Å².